The Hall–Kier alpha value is -1.23. The van der Waals surface area contributed by atoms with E-state index in [0.29, 0.717) is 11.5 Å². The second-order valence-corrected chi connectivity index (χ2v) is 3.83. The Morgan fingerprint density at radius 2 is 2.33 bits per heavy atom. The molecule has 0 amide bonds. The lowest BCUT2D eigenvalue weighted by molar-refractivity contribution is -0.139. The van der Waals surface area contributed by atoms with Crippen LogP contribution in [0, 0.1) is 5.82 Å². The van der Waals surface area contributed by atoms with Crippen LogP contribution < -0.4 is 5.73 Å². The molecule has 0 aromatic heterocycles. The predicted molar refractivity (Wildman–Crippen MR) is 58.2 cm³/mol. The molecule has 1 aromatic rings. The van der Waals surface area contributed by atoms with Crippen molar-refractivity contribution >= 4 is 23.4 Å². The number of anilines is 1. The molecule has 82 valence electrons. The van der Waals surface area contributed by atoms with E-state index in [-0.39, 0.29) is 17.4 Å². The predicted octanol–water partition coefficient (Wildman–Crippen LogP) is 2.06. The molecular formula is C10H12FNO2S. The van der Waals surface area contributed by atoms with Gasteiger partial charge in [-0.25, -0.2) is 4.39 Å². The molecule has 2 N–H and O–H groups in total. The van der Waals surface area contributed by atoms with Crippen molar-refractivity contribution in [1.29, 1.82) is 0 Å². The highest BCUT2D eigenvalue weighted by molar-refractivity contribution is 8.00. The van der Waals surface area contributed by atoms with Crippen molar-refractivity contribution in [2.45, 2.75) is 11.8 Å². The smallest absolute Gasteiger partial charge is 0.316 e. The van der Waals surface area contributed by atoms with Crippen LogP contribution in [-0.2, 0) is 9.53 Å². The Morgan fingerprint density at radius 1 is 1.60 bits per heavy atom. The summed E-state index contributed by atoms with van der Waals surface area (Å²) in [6.07, 6.45) is 0. The number of hydrogen-bond acceptors (Lipinski definition) is 4. The summed E-state index contributed by atoms with van der Waals surface area (Å²) in [5, 5.41) is 0. The topological polar surface area (TPSA) is 52.3 Å². The average Bonchev–Trinajstić information content (AvgIpc) is 2.20. The van der Waals surface area contributed by atoms with Crippen LogP contribution >= 0.6 is 11.8 Å². The van der Waals surface area contributed by atoms with E-state index in [0.717, 1.165) is 0 Å². The number of halogens is 1. The van der Waals surface area contributed by atoms with Gasteiger partial charge in [-0.3, -0.25) is 4.79 Å². The lowest BCUT2D eigenvalue weighted by Crippen LogP contribution is -2.06. The summed E-state index contributed by atoms with van der Waals surface area (Å²) < 4.78 is 17.7. The van der Waals surface area contributed by atoms with Gasteiger partial charge in [-0.05, 0) is 25.1 Å². The molecule has 5 heteroatoms. The molecule has 0 saturated carbocycles. The van der Waals surface area contributed by atoms with Crippen molar-refractivity contribution in [3.63, 3.8) is 0 Å². The fraction of sp³-hybridized carbons (Fsp3) is 0.300. The standard InChI is InChI=1S/C10H12FNO2S/c1-2-14-10(13)6-15-7-3-4-9(12)8(11)5-7/h3-5H,2,6,12H2,1H3. The van der Waals surface area contributed by atoms with Gasteiger partial charge in [0.25, 0.3) is 0 Å². The summed E-state index contributed by atoms with van der Waals surface area (Å²) in [5.41, 5.74) is 5.42. The Morgan fingerprint density at radius 3 is 2.93 bits per heavy atom. The van der Waals surface area contributed by atoms with Crippen molar-refractivity contribution in [1.82, 2.24) is 0 Å². The van der Waals surface area contributed by atoms with Crippen molar-refractivity contribution in [3.8, 4) is 0 Å². The molecule has 0 heterocycles. The number of nitrogen functional groups attached to an aromatic ring is 1. The van der Waals surface area contributed by atoms with Crippen molar-refractivity contribution in [3.05, 3.63) is 24.0 Å². The molecule has 0 radical (unpaired) electrons. The molecule has 0 aliphatic carbocycles. The number of esters is 1. The first kappa shape index (κ1) is 11.8. The summed E-state index contributed by atoms with van der Waals surface area (Å²) in [4.78, 5) is 11.7. The molecule has 1 aromatic carbocycles. The molecule has 0 fully saturated rings. The highest BCUT2D eigenvalue weighted by Gasteiger charge is 2.05. The summed E-state index contributed by atoms with van der Waals surface area (Å²) >= 11 is 1.22. The molecule has 0 bridgehead atoms. The number of benzene rings is 1. The van der Waals surface area contributed by atoms with Gasteiger partial charge in [0.05, 0.1) is 18.0 Å². The quantitative estimate of drug-likeness (QED) is 0.488. The van der Waals surface area contributed by atoms with E-state index in [1.165, 1.54) is 23.9 Å². The third kappa shape index (κ3) is 3.79. The number of carbonyl (C=O) groups is 1. The molecule has 15 heavy (non-hydrogen) atoms. The SMILES string of the molecule is CCOC(=O)CSc1ccc(N)c(F)c1. The fourth-order valence-corrected chi connectivity index (χ4v) is 1.66. The largest absolute Gasteiger partial charge is 0.465 e. The van der Waals surface area contributed by atoms with E-state index in [1.54, 1.807) is 13.0 Å². The maximum atomic E-state index is 13.0. The van der Waals surface area contributed by atoms with Gasteiger partial charge < -0.3 is 10.5 Å². The van der Waals surface area contributed by atoms with E-state index >= 15 is 0 Å². The van der Waals surface area contributed by atoms with E-state index < -0.39 is 5.82 Å². The maximum Gasteiger partial charge on any atom is 0.316 e. The van der Waals surface area contributed by atoms with E-state index in [1.807, 2.05) is 0 Å². The number of nitrogens with two attached hydrogens (primary N) is 1. The molecule has 0 unspecified atom stereocenters. The summed E-state index contributed by atoms with van der Waals surface area (Å²) in [6.45, 7) is 2.10. The van der Waals surface area contributed by atoms with Crippen LogP contribution in [0.1, 0.15) is 6.92 Å². The van der Waals surface area contributed by atoms with Gasteiger partial charge in [0.15, 0.2) is 0 Å². The molecule has 0 aliphatic heterocycles. The lowest BCUT2D eigenvalue weighted by Gasteiger charge is -2.03. The minimum absolute atomic E-state index is 0.107. The van der Waals surface area contributed by atoms with Crippen LogP contribution in [0.4, 0.5) is 10.1 Å². The normalized spacial score (nSPS) is 10.0. The minimum atomic E-state index is -0.469. The van der Waals surface area contributed by atoms with Crippen LogP contribution in [0.5, 0.6) is 0 Å². The second-order valence-electron chi connectivity index (χ2n) is 2.78. The van der Waals surface area contributed by atoms with Crippen LogP contribution in [0.25, 0.3) is 0 Å². The fourth-order valence-electron chi connectivity index (χ4n) is 0.943. The third-order valence-electron chi connectivity index (χ3n) is 1.63. The number of thioether (sulfide) groups is 1. The molecule has 0 aliphatic rings. The Bertz CT molecular complexity index is 357. The molecule has 0 spiro atoms. The monoisotopic (exact) mass is 229 g/mol. The van der Waals surface area contributed by atoms with Crippen LogP contribution in [-0.4, -0.2) is 18.3 Å². The van der Waals surface area contributed by atoms with Crippen LogP contribution in [0.3, 0.4) is 0 Å². The highest BCUT2D eigenvalue weighted by atomic mass is 32.2. The zero-order valence-corrected chi connectivity index (χ0v) is 9.14. The van der Waals surface area contributed by atoms with E-state index in [9.17, 15) is 9.18 Å². The maximum absolute atomic E-state index is 13.0. The number of hydrogen-bond donors (Lipinski definition) is 1. The molecule has 3 nitrogen and oxygen atoms in total. The van der Waals surface area contributed by atoms with Gasteiger partial charge in [0.1, 0.15) is 5.82 Å². The van der Waals surface area contributed by atoms with Crippen molar-refractivity contribution in [2.75, 3.05) is 18.1 Å². The second kappa shape index (κ2) is 5.60. The zero-order valence-electron chi connectivity index (χ0n) is 8.33. The van der Waals surface area contributed by atoms with Crippen molar-refractivity contribution < 1.29 is 13.9 Å². The van der Waals surface area contributed by atoms with Gasteiger partial charge in [-0.2, -0.15) is 0 Å². The number of carbonyl (C=O) groups excluding carboxylic acids is 1. The minimum Gasteiger partial charge on any atom is -0.465 e. The molecule has 0 saturated heterocycles. The average molecular weight is 229 g/mol. The van der Waals surface area contributed by atoms with Crippen LogP contribution in [0.2, 0.25) is 0 Å². The molecular weight excluding hydrogens is 217 g/mol. The summed E-state index contributed by atoms with van der Waals surface area (Å²) in [5.74, 6) is -0.597. The van der Waals surface area contributed by atoms with Gasteiger partial charge >= 0.3 is 5.97 Å². The summed E-state index contributed by atoms with van der Waals surface area (Å²) in [6, 6.07) is 4.45. The Kier molecular flexibility index (Phi) is 4.42. The first-order valence-electron chi connectivity index (χ1n) is 4.47. The van der Waals surface area contributed by atoms with Gasteiger partial charge in [-0.1, -0.05) is 0 Å². The lowest BCUT2D eigenvalue weighted by atomic mass is 10.3. The molecule has 1 rings (SSSR count). The van der Waals surface area contributed by atoms with E-state index in [4.69, 9.17) is 10.5 Å². The van der Waals surface area contributed by atoms with Gasteiger partial charge in [-0.15, -0.1) is 11.8 Å². The third-order valence-corrected chi connectivity index (χ3v) is 2.60. The first-order chi connectivity index (χ1) is 7.13. The zero-order chi connectivity index (χ0) is 11.3. The Balaban J connectivity index is 2.51. The number of ether oxygens (including phenoxy) is 1. The first-order valence-corrected chi connectivity index (χ1v) is 5.45. The Labute approximate surface area is 91.8 Å². The molecule has 0 atom stereocenters. The summed E-state index contributed by atoms with van der Waals surface area (Å²) in [7, 11) is 0. The van der Waals surface area contributed by atoms with Gasteiger partial charge in [0.2, 0.25) is 0 Å². The van der Waals surface area contributed by atoms with Crippen LogP contribution in [0.15, 0.2) is 23.1 Å². The number of rotatable bonds is 4. The van der Waals surface area contributed by atoms with E-state index in [2.05, 4.69) is 0 Å². The van der Waals surface area contributed by atoms with Crippen molar-refractivity contribution in [2.24, 2.45) is 0 Å². The highest BCUT2D eigenvalue weighted by Crippen LogP contribution is 2.21. The van der Waals surface area contributed by atoms with Gasteiger partial charge in [0, 0.05) is 4.90 Å².